The average molecular weight is 388 g/mol. The van der Waals surface area contributed by atoms with Gasteiger partial charge in [-0.1, -0.05) is 31.2 Å². The van der Waals surface area contributed by atoms with Crippen LogP contribution in [0.2, 0.25) is 0 Å². The number of nitrogens with zero attached hydrogens (tertiary/aromatic N) is 2. The van der Waals surface area contributed by atoms with E-state index in [1.807, 2.05) is 24.3 Å². The molecule has 0 unspecified atom stereocenters. The second-order valence-corrected chi connectivity index (χ2v) is 6.51. The van der Waals surface area contributed by atoms with Crippen LogP contribution in [0.25, 0.3) is 0 Å². The molecule has 0 atom stereocenters. The van der Waals surface area contributed by atoms with Gasteiger partial charge >= 0.3 is 6.61 Å². The van der Waals surface area contributed by atoms with Crippen molar-refractivity contribution in [2.24, 2.45) is 0 Å². The fourth-order valence-electron chi connectivity index (χ4n) is 3.19. The predicted octanol–water partition coefficient (Wildman–Crippen LogP) is 3.45. The highest BCUT2D eigenvalue weighted by molar-refractivity contribution is 5.97. The molecule has 28 heavy (non-hydrogen) atoms. The van der Waals surface area contributed by atoms with Crippen LogP contribution in [0, 0.1) is 0 Å². The Morgan fingerprint density at radius 1 is 0.929 bits per heavy atom. The van der Waals surface area contributed by atoms with Gasteiger partial charge in [-0.15, -0.1) is 0 Å². The van der Waals surface area contributed by atoms with Gasteiger partial charge in [0.25, 0.3) is 11.8 Å². The summed E-state index contributed by atoms with van der Waals surface area (Å²) < 4.78 is 29.6. The molecule has 2 aromatic rings. The molecule has 1 heterocycles. The van der Waals surface area contributed by atoms with Crippen LogP contribution < -0.4 is 4.74 Å². The van der Waals surface area contributed by atoms with Gasteiger partial charge in [0.15, 0.2) is 0 Å². The third-order valence-corrected chi connectivity index (χ3v) is 4.80. The summed E-state index contributed by atoms with van der Waals surface area (Å²) in [5, 5.41) is 0. The standard InChI is InChI=1S/C21H22F2N2O3/c1-2-15-7-9-16(10-8-15)19(26)24-11-13-25(14-12-24)20(27)17-5-3-4-6-18(17)28-21(22)23/h3-10,21H,2,11-14H2,1H3. The molecule has 3 rings (SSSR count). The maximum atomic E-state index is 12.7. The Morgan fingerprint density at radius 3 is 2.07 bits per heavy atom. The van der Waals surface area contributed by atoms with E-state index in [9.17, 15) is 18.4 Å². The lowest BCUT2D eigenvalue weighted by atomic mass is 10.1. The summed E-state index contributed by atoms with van der Waals surface area (Å²) in [6.07, 6.45) is 0.909. The molecule has 0 aliphatic carbocycles. The van der Waals surface area contributed by atoms with Crippen molar-refractivity contribution in [3.63, 3.8) is 0 Å². The van der Waals surface area contributed by atoms with Gasteiger partial charge in [0.2, 0.25) is 0 Å². The van der Waals surface area contributed by atoms with E-state index in [4.69, 9.17) is 0 Å². The second kappa shape index (κ2) is 8.82. The van der Waals surface area contributed by atoms with Crippen LogP contribution in [0.1, 0.15) is 33.2 Å². The predicted molar refractivity (Wildman–Crippen MR) is 101 cm³/mol. The van der Waals surface area contributed by atoms with E-state index in [1.165, 1.54) is 18.2 Å². The van der Waals surface area contributed by atoms with Crippen molar-refractivity contribution in [3.05, 3.63) is 65.2 Å². The first-order valence-electron chi connectivity index (χ1n) is 9.21. The minimum atomic E-state index is -3.00. The number of aryl methyl sites for hydroxylation is 1. The Balaban J connectivity index is 1.63. The second-order valence-electron chi connectivity index (χ2n) is 6.51. The SMILES string of the molecule is CCc1ccc(C(=O)N2CCN(C(=O)c3ccccc3OC(F)F)CC2)cc1. The molecule has 148 valence electrons. The summed E-state index contributed by atoms with van der Waals surface area (Å²) in [5.41, 5.74) is 1.88. The van der Waals surface area contributed by atoms with Gasteiger partial charge in [0.1, 0.15) is 5.75 Å². The highest BCUT2D eigenvalue weighted by Crippen LogP contribution is 2.23. The fourth-order valence-corrected chi connectivity index (χ4v) is 3.19. The molecule has 1 aliphatic heterocycles. The first-order chi connectivity index (χ1) is 13.5. The average Bonchev–Trinajstić information content (AvgIpc) is 2.73. The number of hydrogen-bond acceptors (Lipinski definition) is 3. The summed E-state index contributed by atoms with van der Waals surface area (Å²) in [6, 6.07) is 13.5. The summed E-state index contributed by atoms with van der Waals surface area (Å²) >= 11 is 0. The molecule has 7 heteroatoms. The number of rotatable bonds is 5. The normalized spacial score (nSPS) is 14.3. The third-order valence-electron chi connectivity index (χ3n) is 4.80. The van der Waals surface area contributed by atoms with Gasteiger partial charge in [0.05, 0.1) is 5.56 Å². The zero-order valence-electron chi connectivity index (χ0n) is 15.6. The minimum Gasteiger partial charge on any atom is -0.434 e. The van der Waals surface area contributed by atoms with E-state index in [2.05, 4.69) is 11.7 Å². The number of piperazine rings is 1. The molecule has 0 spiro atoms. The van der Waals surface area contributed by atoms with E-state index in [-0.39, 0.29) is 23.1 Å². The number of carbonyl (C=O) groups excluding carboxylic acids is 2. The molecule has 2 aromatic carbocycles. The Kier molecular flexibility index (Phi) is 6.23. The molecule has 1 saturated heterocycles. The molecule has 1 aliphatic rings. The van der Waals surface area contributed by atoms with Crippen molar-refractivity contribution in [1.82, 2.24) is 9.80 Å². The molecular weight excluding hydrogens is 366 g/mol. The minimum absolute atomic E-state index is 0.0730. The van der Waals surface area contributed by atoms with Gasteiger partial charge < -0.3 is 14.5 Å². The molecule has 0 N–H and O–H groups in total. The van der Waals surface area contributed by atoms with Crippen LogP contribution in [0.5, 0.6) is 5.75 Å². The fraction of sp³-hybridized carbons (Fsp3) is 0.333. The van der Waals surface area contributed by atoms with Gasteiger partial charge in [-0.25, -0.2) is 0 Å². The molecule has 5 nitrogen and oxygen atoms in total. The van der Waals surface area contributed by atoms with Crippen molar-refractivity contribution in [3.8, 4) is 5.75 Å². The quantitative estimate of drug-likeness (QED) is 0.788. The molecule has 2 amide bonds. The maximum absolute atomic E-state index is 12.7. The lowest BCUT2D eigenvalue weighted by Crippen LogP contribution is -2.50. The maximum Gasteiger partial charge on any atom is 0.387 e. The van der Waals surface area contributed by atoms with Crippen LogP contribution in [-0.4, -0.2) is 54.4 Å². The number of para-hydroxylation sites is 1. The van der Waals surface area contributed by atoms with Gasteiger partial charge in [-0.3, -0.25) is 9.59 Å². The van der Waals surface area contributed by atoms with Gasteiger partial charge in [-0.2, -0.15) is 8.78 Å². The Labute approximate surface area is 162 Å². The molecule has 0 saturated carbocycles. The Bertz CT molecular complexity index is 832. The van der Waals surface area contributed by atoms with Crippen molar-refractivity contribution >= 4 is 11.8 Å². The summed E-state index contributed by atoms with van der Waals surface area (Å²) in [4.78, 5) is 28.6. The van der Waals surface area contributed by atoms with E-state index < -0.39 is 6.61 Å². The van der Waals surface area contributed by atoms with Crippen LogP contribution in [0.15, 0.2) is 48.5 Å². The van der Waals surface area contributed by atoms with E-state index >= 15 is 0 Å². The summed E-state index contributed by atoms with van der Waals surface area (Å²) in [6.45, 7) is 0.497. The topological polar surface area (TPSA) is 49.9 Å². The number of benzene rings is 2. The highest BCUT2D eigenvalue weighted by atomic mass is 19.3. The lowest BCUT2D eigenvalue weighted by molar-refractivity contribution is -0.0503. The third kappa shape index (κ3) is 4.47. The molecule has 1 fully saturated rings. The number of amides is 2. The summed E-state index contributed by atoms with van der Waals surface area (Å²) in [7, 11) is 0. The largest absolute Gasteiger partial charge is 0.434 e. The van der Waals surface area contributed by atoms with Crippen LogP contribution in [0.3, 0.4) is 0 Å². The number of hydrogen-bond donors (Lipinski definition) is 0. The van der Waals surface area contributed by atoms with E-state index in [0.717, 1.165) is 12.0 Å². The first kappa shape index (κ1) is 19.8. The first-order valence-corrected chi connectivity index (χ1v) is 9.21. The van der Waals surface area contributed by atoms with E-state index in [0.29, 0.717) is 31.7 Å². The number of ether oxygens (including phenoxy) is 1. The number of halogens is 2. The summed E-state index contributed by atoms with van der Waals surface area (Å²) in [5.74, 6) is -0.594. The molecular formula is C21H22F2N2O3. The molecule has 0 aromatic heterocycles. The molecule has 0 radical (unpaired) electrons. The number of carbonyl (C=O) groups is 2. The van der Waals surface area contributed by atoms with Gasteiger partial charge in [0, 0.05) is 31.7 Å². The number of alkyl halides is 2. The molecule has 0 bridgehead atoms. The zero-order chi connectivity index (χ0) is 20.1. The smallest absolute Gasteiger partial charge is 0.387 e. The van der Waals surface area contributed by atoms with Crippen LogP contribution in [0.4, 0.5) is 8.78 Å². The van der Waals surface area contributed by atoms with Crippen LogP contribution >= 0.6 is 0 Å². The van der Waals surface area contributed by atoms with Gasteiger partial charge in [-0.05, 0) is 36.2 Å². The Hall–Kier alpha value is -2.96. The Morgan fingerprint density at radius 2 is 1.50 bits per heavy atom. The lowest BCUT2D eigenvalue weighted by Gasteiger charge is -2.35. The highest BCUT2D eigenvalue weighted by Gasteiger charge is 2.27. The van der Waals surface area contributed by atoms with Crippen LogP contribution in [-0.2, 0) is 6.42 Å². The van der Waals surface area contributed by atoms with Crippen molar-refractivity contribution < 1.29 is 23.1 Å². The van der Waals surface area contributed by atoms with E-state index in [1.54, 1.807) is 15.9 Å². The van der Waals surface area contributed by atoms with Crippen molar-refractivity contribution in [2.45, 2.75) is 20.0 Å². The van der Waals surface area contributed by atoms with Crippen molar-refractivity contribution in [2.75, 3.05) is 26.2 Å². The monoisotopic (exact) mass is 388 g/mol. The van der Waals surface area contributed by atoms with Crippen molar-refractivity contribution in [1.29, 1.82) is 0 Å². The zero-order valence-corrected chi connectivity index (χ0v) is 15.6.